The van der Waals surface area contributed by atoms with E-state index < -0.39 is 0 Å². The van der Waals surface area contributed by atoms with Crippen molar-refractivity contribution < 1.29 is 18.9 Å². The Morgan fingerprint density at radius 2 is 0.486 bits per heavy atom. The number of rotatable bonds is 8. The van der Waals surface area contributed by atoms with Gasteiger partial charge in [-0.25, -0.2) is 0 Å². The lowest BCUT2D eigenvalue weighted by molar-refractivity contribution is 0.0626. The van der Waals surface area contributed by atoms with E-state index in [9.17, 15) is 0 Å². The second-order valence-electron chi connectivity index (χ2n) is 23.9. The Morgan fingerprint density at radius 3 is 0.694 bits per heavy atom. The van der Waals surface area contributed by atoms with E-state index in [-0.39, 0.29) is 73.7 Å². The molecule has 12 nitrogen and oxygen atoms in total. The maximum absolute atomic E-state index is 6.86. The van der Waals surface area contributed by atoms with Gasteiger partial charge in [0.05, 0.1) is 73.7 Å². The Hall–Kier alpha value is -4.24. The summed E-state index contributed by atoms with van der Waals surface area (Å²) in [6, 6.07) is 34.5. The van der Waals surface area contributed by atoms with Gasteiger partial charge in [-0.15, -0.1) is 0 Å². The van der Waals surface area contributed by atoms with Crippen LogP contribution in [-0.2, 0) is 0 Å². The Kier molecular flexibility index (Phi) is 13.3. The number of aryl methyl sites for hydroxylation is 4. The van der Waals surface area contributed by atoms with Crippen LogP contribution in [0.2, 0.25) is 0 Å². The molecule has 8 N–H and O–H groups in total. The van der Waals surface area contributed by atoms with Crippen LogP contribution in [0.1, 0.15) is 99.3 Å². The zero-order valence-corrected chi connectivity index (χ0v) is 42.9. The number of fused-ring (bicyclic) bond motifs is 20. The first kappa shape index (κ1) is 47.5. The third kappa shape index (κ3) is 9.80. The van der Waals surface area contributed by atoms with Gasteiger partial charge in [0, 0.05) is 0 Å². The molecule has 9 aliphatic rings. The van der Waals surface area contributed by atoms with E-state index in [0.717, 1.165) is 100 Å². The molecule has 12 heteroatoms. The van der Waals surface area contributed by atoms with Crippen LogP contribution >= 0.6 is 0 Å². The molecule has 9 fully saturated rings. The molecular formula is C60H80N8O4. The number of ether oxygens (including phenoxy) is 4. The van der Waals surface area contributed by atoms with Crippen LogP contribution in [-0.4, -0.2) is 73.7 Å². The van der Waals surface area contributed by atoms with Gasteiger partial charge >= 0.3 is 0 Å². The Balaban J connectivity index is 0.820. The molecule has 8 bridgehead atoms. The van der Waals surface area contributed by atoms with Gasteiger partial charge in [0.1, 0.15) is 23.0 Å². The molecule has 0 aromatic heterocycles. The summed E-state index contributed by atoms with van der Waals surface area (Å²) in [6.45, 7) is 8.63. The molecule has 4 aliphatic carbocycles. The maximum Gasteiger partial charge on any atom is 0.119 e. The fourth-order valence-electron chi connectivity index (χ4n) is 15.8. The van der Waals surface area contributed by atoms with Gasteiger partial charge in [0.25, 0.3) is 0 Å². The molecule has 20 unspecified atom stereocenters. The van der Waals surface area contributed by atoms with E-state index in [2.05, 4.69) is 167 Å². The van der Waals surface area contributed by atoms with Gasteiger partial charge in [0.2, 0.25) is 0 Å². The van der Waals surface area contributed by atoms with Crippen molar-refractivity contribution in [3.05, 3.63) is 119 Å². The molecule has 20 atom stereocenters. The lowest BCUT2D eigenvalue weighted by atomic mass is 9.75. The molecule has 72 heavy (non-hydrogen) atoms. The van der Waals surface area contributed by atoms with E-state index in [0.29, 0.717) is 47.3 Å². The minimum atomic E-state index is 0.117. The molecule has 13 rings (SSSR count). The summed E-state index contributed by atoms with van der Waals surface area (Å²) in [5.74, 6) is 7.41. The van der Waals surface area contributed by atoms with E-state index >= 15 is 0 Å². The number of hydrogen-bond acceptors (Lipinski definition) is 12. The summed E-state index contributed by atoms with van der Waals surface area (Å²) in [5, 5.41) is 34.6. The molecule has 5 saturated heterocycles. The molecule has 5 heterocycles. The van der Waals surface area contributed by atoms with Crippen molar-refractivity contribution in [3.63, 3.8) is 0 Å². The van der Waals surface area contributed by atoms with Crippen LogP contribution in [0, 0.1) is 75.0 Å². The average molecular weight is 977 g/mol. The summed E-state index contributed by atoms with van der Waals surface area (Å²) in [4.78, 5) is 0. The number of benzene rings is 4. The largest absolute Gasteiger partial charge is 0.490 e. The molecule has 4 saturated carbocycles. The highest BCUT2D eigenvalue weighted by molar-refractivity contribution is 5.31. The first-order chi connectivity index (χ1) is 35.2. The van der Waals surface area contributed by atoms with E-state index in [1.165, 1.54) is 22.3 Å². The summed E-state index contributed by atoms with van der Waals surface area (Å²) in [7, 11) is 0. The van der Waals surface area contributed by atoms with Crippen LogP contribution in [0.4, 0.5) is 0 Å². The van der Waals surface area contributed by atoms with E-state index in [1.54, 1.807) is 0 Å². The van der Waals surface area contributed by atoms with Crippen molar-refractivity contribution >= 4 is 0 Å². The molecule has 384 valence electrons. The molecular weight excluding hydrogens is 897 g/mol. The van der Waals surface area contributed by atoms with Crippen LogP contribution < -0.4 is 61.5 Å². The third-order valence-corrected chi connectivity index (χ3v) is 19.1. The first-order valence-corrected chi connectivity index (χ1v) is 28.2. The van der Waals surface area contributed by atoms with Crippen molar-refractivity contribution in [2.24, 2.45) is 47.3 Å². The van der Waals surface area contributed by atoms with Crippen LogP contribution in [0.15, 0.2) is 97.1 Å². The van der Waals surface area contributed by atoms with Crippen molar-refractivity contribution in [1.29, 1.82) is 0 Å². The SMILES string of the molecule is Cc1cccc(OC2CCC3C4NC5NC(NC6NC(NC7NC(NC(N4)C3C2)C2CC(Oc3cccc(C)c3)CCC72)C2CCC(Oc3cccc(C)c3)CC62)C2CC(Oc3cccc(C)c3)CCC52)c1. The lowest BCUT2D eigenvalue weighted by Crippen LogP contribution is -2.61. The minimum Gasteiger partial charge on any atom is -0.490 e. The zero-order valence-electron chi connectivity index (χ0n) is 42.9. The van der Waals surface area contributed by atoms with Gasteiger partial charge in [-0.2, -0.15) is 0 Å². The summed E-state index contributed by atoms with van der Waals surface area (Å²) in [5.41, 5.74) is 4.96. The second kappa shape index (κ2) is 20.1. The molecule has 4 aromatic carbocycles. The second-order valence-corrected chi connectivity index (χ2v) is 23.9. The van der Waals surface area contributed by atoms with Gasteiger partial charge in [-0.05, 0) is 223 Å². The van der Waals surface area contributed by atoms with E-state index in [1.807, 2.05) is 0 Å². The fraction of sp³-hybridized carbons (Fsp3) is 0.600. The van der Waals surface area contributed by atoms with Crippen LogP contribution in [0.5, 0.6) is 23.0 Å². The Labute approximate surface area is 428 Å². The summed E-state index contributed by atoms with van der Waals surface area (Å²) in [6.07, 6.45) is 14.5. The minimum absolute atomic E-state index is 0.117. The summed E-state index contributed by atoms with van der Waals surface area (Å²) >= 11 is 0. The average Bonchev–Trinajstić information content (AvgIpc) is 4.09. The highest BCUT2D eigenvalue weighted by Gasteiger charge is 2.57. The predicted molar refractivity (Wildman–Crippen MR) is 281 cm³/mol. The fourth-order valence-corrected chi connectivity index (χ4v) is 15.8. The van der Waals surface area contributed by atoms with Gasteiger partial charge in [-0.1, -0.05) is 48.5 Å². The number of nitrogens with one attached hydrogen (secondary N) is 8. The van der Waals surface area contributed by atoms with E-state index in [4.69, 9.17) is 18.9 Å². The monoisotopic (exact) mass is 977 g/mol. The topological polar surface area (TPSA) is 133 Å². The third-order valence-electron chi connectivity index (χ3n) is 19.1. The van der Waals surface area contributed by atoms with Crippen molar-refractivity contribution in [2.75, 3.05) is 0 Å². The summed E-state index contributed by atoms with van der Waals surface area (Å²) < 4.78 is 27.4. The maximum atomic E-state index is 6.86. The molecule has 4 aromatic rings. The normalized spacial score (nSPS) is 41.1. The van der Waals surface area contributed by atoms with Crippen molar-refractivity contribution in [1.82, 2.24) is 42.5 Å². The lowest BCUT2D eigenvalue weighted by Gasteiger charge is -2.39. The molecule has 0 radical (unpaired) electrons. The van der Waals surface area contributed by atoms with Crippen molar-refractivity contribution in [2.45, 2.75) is 178 Å². The number of hydrogen-bond donors (Lipinski definition) is 8. The smallest absolute Gasteiger partial charge is 0.119 e. The van der Waals surface area contributed by atoms with Gasteiger partial charge < -0.3 is 18.9 Å². The molecule has 0 spiro atoms. The quantitative estimate of drug-likeness (QED) is 0.0869. The standard InChI is InChI=1S/C60H80N8O4/c1-33-9-5-13-37(25-33)69-41-17-21-45-49(29-41)57-63-53(45)61-54-47-23-19-43(71-39-15-7-11-35(3)27-39)31-51(47)59(65-54)68-60-52-32-44(72-40-16-8-12-36(4)28-40)20-24-48(52)56(66-60)62-55-46-22-18-42(30-50(46)58(64-55)67-57)70-38-14-6-10-34(2)26-38/h5-16,25-28,41-68H,17-24,29-32H2,1-4H3. The van der Waals surface area contributed by atoms with Crippen LogP contribution in [0.25, 0.3) is 0 Å². The molecule has 5 aliphatic heterocycles. The zero-order chi connectivity index (χ0) is 48.5. The predicted octanol–water partition coefficient (Wildman–Crippen LogP) is 8.07. The van der Waals surface area contributed by atoms with Crippen LogP contribution in [0.3, 0.4) is 0 Å². The first-order valence-electron chi connectivity index (χ1n) is 28.2. The molecule has 0 amide bonds. The highest BCUT2D eigenvalue weighted by Crippen LogP contribution is 2.47. The van der Waals surface area contributed by atoms with Gasteiger partial charge in [-0.3, -0.25) is 42.5 Å². The Morgan fingerprint density at radius 1 is 0.278 bits per heavy atom. The van der Waals surface area contributed by atoms with Crippen molar-refractivity contribution in [3.8, 4) is 23.0 Å². The highest BCUT2D eigenvalue weighted by atomic mass is 16.5. The Bertz CT molecular complexity index is 2190. The van der Waals surface area contributed by atoms with Gasteiger partial charge in [0.15, 0.2) is 0 Å².